The zero-order chi connectivity index (χ0) is 20.9. The van der Waals surface area contributed by atoms with Gasteiger partial charge in [0.25, 0.3) is 0 Å². The molecule has 0 spiro atoms. The second-order valence-corrected chi connectivity index (χ2v) is 8.03. The van der Waals surface area contributed by atoms with E-state index in [1.165, 1.54) is 0 Å². The van der Waals surface area contributed by atoms with Gasteiger partial charge < -0.3 is 4.42 Å². The Morgan fingerprint density at radius 3 is 2.55 bits per heavy atom. The summed E-state index contributed by atoms with van der Waals surface area (Å²) in [4.78, 5) is 4.96. The third-order valence-corrected chi connectivity index (χ3v) is 6.04. The van der Waals surface area contributed by atoms with E-state index in [0.717, 1.165) is 61.2 Å². The molecule has 0 aliphatic heterocycles. The maximum atomic E-state index is 6.08. The number of hydrogen-bond donors (Lipinski definition) is 0. The number of rotatable bonds is 4. The van der Waals surface area contributed by atoms with Crippen LogP contribution in [0.15, 0.2) is 83.8 Å². The van der Waals surface area contributed by atoms with Gasteiger partial charge in [-0.25, -0.2) is 4.98 Å². The van der Waals surface area contributed by atoms with Crippen LogP contribution >= 0.6 is 15.9 Å². The van der Waals surface area contributed by atoms with Gasteiger partial charge in [0, 0.05) is 16.3 Å². The number of nitrogens with zero attached hydrogens (tertiary/aromatic N) is 3. The number of para-hydroxylation sites is 4. The molecule has 0 aliphatic rings. The smallest absolute Gasteiger partial charge is 0.220 e. The second kappa shape index (κ2) is 7.00. The summed E-state index contributed by atoms with van der Waals surface area (Å²) in [6.45, 7) is 4.01. The van der Waals surface area contributed by atoms with Crippen molar-refractivity contribution in [3.8, 4) is 5.69 Å². The molecule has 150 valence electrons. The third kappa shape index (κ3) is 2.63. The molecule has 0 N–H and O–H groups in total. The Morgan fingerprint density at radius 1 is 0.968 bits per heavy atom. The average molecular weight is 468 g/mol. The Balaban J connectivity index is 1.69. The lowest BCUT2D eigenvalue weighted by molar-refractivity contribution is 0.603. The molecule has 0 fully saturated rings. The molecule has 0 radical (unpaired) electrons. The Hall–Kier alpha value is -3.57. The molecule has 6 aromatic rings. The van der Waals surface area contributed by atoms with Gasteiger partial charge in [0.05, 0.1) is 27.8 Å². The van der Waals surface area contributed by atoms with Gasteiger partial charge in [0.15, 0.2) is 0 Å². The SMILES string of the molecule is C=Cc1c(/C=C\CBr)oc2ccc(-n3c4ccccc4n4c5ccccc5nc34)cc12. The highest BCUT2D eigenvalue weighted by Gasteiger charge is 2.18. The molecule has 6 rings (SSSR count). The highest BCUT2D eigenvalue weighted by Crippen LogP contribution is 2.33. The number of benzene rings is 3. The zero-order valence-electron chi connectivity index (χ0n) is 16.6. The molecule has 5 heteroatoms. The molecule has 0 saturated heterocycles. The van der Waals surface area contributed by atoms with E-state index in [9.17, 15) is 0 Å². The minimum atomic E-state index is 0.770. The van der Waals surface area contributed by atoms with Crippen LogP contribution in [0.4, 0.5) is 0 Å². The van der Waals surface area contributed by atoms with Gasteiger partial charge in [0.2, 0.25) is 5.78 Å². The molecule has 3 heterocycles. The van der Waals surface area contributed by atoms with Gasteiger partial charge in [-0.2, -0.15) is 0 Å². The molecule has 3 aromatic carbocycles. The van der Waals surface area contributed by atoms with E-state index < -0.39 is 0 Å². The molecular formula is C26H18BrN3O. The molecule has 0 bridgehead atoms. The first-order valence-electron chi connectivity index (χ1n) is 10.1. The van der Waals surface area contributed by atoms with Crippen molar-refractivity contribution in [1.29, 1.82) is 0 Å². The topological polar surface area (TPSA) is 35.4 Å². The number of halogens is 1. The predicted molar refractivity (Wildman–Crippen MR) is 132 cm³/mol. The van der Waals surface area contributed by atoms with Crippen LogP contribution in [0.2, 0.25) is 0 Å². The van der Waals surface area contributed by atoms with Crippen LogP contribution in [-0.4, -0.2) is 19.3 Å². The first kappa shape index (κ1) is 18.2. The second-order valence-electron chi connectivity index (χ2n) is 7.38. The summed E-state index contributed by atoms with van der Waals surface area (Å²) < 4.78 is 10.5. The molecule has 0 saturated carbocycles. The monoisotopic (exact) mass is 467 g/mol. The van der Waals surface area contributed by atoms with Crippen molar-refractivity contribution in [3.05, 3.63) is 90.7 Å². The van der Waals surface area contributed by atoms with Crippen LogP contribution in [-0.2, 0) is 0 Å². The van der Waals surface area contributed by atoms with Crippen LogP contribution < -0.4 is 0 Å². The summed E-state index contributed by atoms with van der Waals surface area (Å²) in [6.07, 6.45) is 5.86. The van der Waals surface area contributed by atoms with Crippen molar-refractivity contribution in [2.75, 3.05) is 5.33 Å². The number of allylic oxidation sites excluding steroid dienone is 1. The highest BCUT2D eigenvalue weighted by atomic mass is 79.9. The van der Waals surface area contributed by atoms with E-state index in [4.69, 9.17) is 9.40 Å². The van der Waals surface area contributed by atoms with E-state index in [1.54, 1.807) is 0 Å². The lowest BCUT2D eigenvalue weighted by Crippen LogP contribution is -1.94. The van der Waals surface area contributed by atoms with Crippen LogP contribution in [0.5, 0.6) is 0 Å². The van der Waals surface area contributed by atoms with Gasteiger partial charge in [-0.1, -0.05) is 58.9 Å². The number of aromatic nitrogens is 3. The molecule has 31 heavy (non-hydrogen) atoms. The van der Waals surface area contributed by atoms with Crippen molar-refractivity contribution in [1.82, 2.24) is 14.0 Å². The molecule has 3 aromatic heterocycles. The fourth-order valence-corrected chi connectivity index (χ4v) is 4.54. The minimum Gasteiger partial charge on any atom is -0.456 e. The van der Waals surface area contributed by atoms with Gasteiger partial charge in [-0.15, -0.1) is 0 Å². The van der Waals surface area contributed by atoms with E-state index in [-0.39, 0.29) is 0 Å². The summed E-state index contributed by atoms with van der Waals surface area (Å²) in [7, 11) is 0. The number of furan rings is 1. The van der Waals surface area contributed by atoms with E-state index in [1.807, 2.05) is 30.4 Å². The van der Waals surface area contributed by atoms with E-state index in [2.05, 4.69) is 86.1 Å². The number of hydrogen-bond acceptors (Lipinski definition) is 2. The molecule has 0 atom stereocenters. The molecular weight excluding hydrogens is 450 g/mol. The zero-order valence-corrected chi connectivity index (χ0v) is 18.2. The summed E-state index contributed by atoms with van der Waals surface area (Å²) in [5.41, 5.74) is 7.19. The first-order valence-corrected chi connectivity index (χ1v) is 11.2. The lowest BCUT2D eigenvalue weighted by atomic mass is 10.1. The van der Waals surface area contributed by atoms with Crippen LogP contribution in [0.1, 0.15) is 11.3 Å². The standard InChI is InChI=1S/C26H18BrN3O/c1-2-18-19-16-17(13-14-25(19)31-24(18)12-7-15-27)29-22-10-5-6-11-23(22)30-21-9-4-3-8-20(21)28-26(29)30/h2-14,16H,1,15H2/b12-7-. The number of fused-ring (bicyclic) bond motifs is 6. The van der Waals surface area contributed by atoms with Crippen molar-refractivity contribution in [3.63, 3.8) is 0 Å². The van der Waals surface area contributed by atoms with Gasteiger partial charge >= 0.3 is 0 Å². The number of imidazole rings is 2. The molecule has 0 amide bonds. The quantitative estimate of drug-likeness (QED) is 0.256. The van der Waals surface area contributed by atoms with Gasteiger partial charge in [-0.3, -0.25) is 8.97 Å². The maximum absolute atomic E-state index is 6.08. The summed E-state index contributed by atoms with van der Waals surface area (Å²) in [6, 6.07) is 22.9. The third-order valence-electron chi connectivity index (χ3n) is 5.67. The van der Waals surface area contributed by atoms with Crippen molar-refractivity contribution in [2.45, 2.75) is 0 Å². The van der Waals surface area contributed by atoms with Crippen LogP contribution in [0, 0.1) is 0 Å². The molecule has 4 nitrogen and oxygen atoms in total. The summed E-state index contributed by atoms with van der Waals surface area (Å²) >= 11 is 3.43. The van der Waals surface area contributed by atoms with E-state index in [0.29, 0.717) is 0 Å². The van der Waals surface area contributed by atoms with Crippen LogP contribution in [0.3, 0.4) is 0 Å². The van der Waals surface area contributed by atoms with Crippen molar-refractivity contribution in [2.24, 2.45) is 0 Å². The predicted octanol–water partition coefficient (Wildman–Crippen LogP) is 7.23. The van der Waals surface area contributed by atoms with Crippen LogP contribution in [0.25, 0.3) is 56.7 Å². The Bertz CT molecular complexity index is 1650. The summed E-state index contributed by atoms with van der Waals surface area (Å²) in [5, 5.41) is 1.81. The van der Waals surface area contributed by atoms with Gasteiger partial charge in [-0.05, 0) is 48.5 Å². The molecule has 0 aliphatic carbocycles. The van der Waals surface area contributed by atoms with E-state index >= 15 is 0 Å². The number of alkyl halides is 1. The largest absolute Gasteiger partial charge is 0.456 e. The first-order chi connectivity index (χ1) is 15.3. The summed E-state index contributed by atoms with van der Waals surface area (Å²) in [5.74, 6) is 1.71. The van der Waals surface area contributed by atoms with Gasteiger partial charge in [0.1, 0.15) is 11.3 Å². The average Bonchev–Trinajstić information content (AvgIpc) is 3.45. The Labute approximate surface area is 186 Å². The normalized spacial score (nSPS) is 12.2. The van der Waals surface area contributed by atoms with Crippen molar-refractivity contribution < 1.29 is 4.42 Å². The minimum absolute atomic E-state index is 0.770. The fraction of sp³-hybridized carbons (Fsp3) is 0.0385. The Kier molecular flexibility index (Phi) is 4.11. The Morgan fingerprint density at radius 2 is 1.74 bits per heavy atom. The fourth-order valence-electron chi connectivity index (χ4n) is 4.35. The lowest BCUT2D eigenvalue weighted by Gasteiger charge is -2.05. The maximum Gasteiger partial charge on any atom is 0.220 e. The van der Waals surface area contributed by atoms with Crippen molar-refractivity contribution >= 4 is 66.9 Å². The highest BCUT2D eigenvalue weighted by molar-refractivity contribution is 9.09. The molecule has 0 unspecified atom stereocenters.